The first-order valence-corrected chi connectivity index (χ1v) is 5.35. The molecule has 94 valence electrons. The Balaban J connectivity index is 2.86. The zero-order valence-electron chi connectivity index (χ0n) is 8.68. The first-order chi connectivity index (χ1) is 7.86. The summed E-state index contributed by atoms with van der Waals surface area (Å²) in [4.78, 5) is 10.8. The lowest BCUT2D eigenvalue weighted by molar-refractivity contribution is -0.217. The number of hydrogen-bond acceptors (Lipinski definition) is 3. The number of rotatable bonds is 4. The average molecular weight is 313 g/mol. The van der Waals surface area contributed by atoms with Gasteiger partial charge in [-0.25, -0.2) is 9.18 Å². The van der Waals surface area contributed by atoms with E-state index in [2.05, 4.69) is 25.4 Å². The number of carbonyl (C=O) groups excluding carboxylic acids is 1. The summed E-state index contributed by atoms with van der Waals surface area (Å²) >= 11 is 2.96. The van der Waals surface area contributed by atoms with Gasteiger partial charge in [-0.3, -0.25) is 0 Å². The summed E-state index contributed by atoms with van der Waals surface area (Å²) in [7, 11) is 0. The summed E-state index contributed by atoms with van der Waals surface area (Å²) in [6, 6.07) is 3.22. The highest BCUT2D eigenvalue weighted by atomic mass is 79.9. The second-order valence-corrected chi connectivity index (χ2v) is 3.83. The third kappa shape index (κ3) is 3.62. The quantitative estimate of drug-likeness (QED) is 0.801. The first-order valence-electron chi connectivity index (χ1n) is 4.56. The molecule has 0 fully saturated rings. The lowest BCUT2D eigenvalue weighted by Gasteiger charge is -2.16. The van der Waals surface area contributed by atoms with Crippen molar-refractivity contribution < 1.29 is 27.4 Å². The second-order valence-electron chi connectivity index (χ2n) is 2.91. The molecule has 0 aliphatic rings. The first kappa shape index (κ1) is 13.8. The van der Waals surface area contributed by atoms with Crippen molar-refractivity contribution in [2.24, 2.45) is 0 Å². The van der Waals surface area contributed by atoms with Gasteiger partial charge < -0.3 is 9.47 Å². The van der Waals surface area contributed by atoms with Crippen LogP contribution in [0.4, 0.5) is 13.2 Å². The van der Waals surface area contributed by atoms with Crippen molar-refractivity contribution in [3.63, 3.8) is 0 Å². The molecule has 0 aromatic heterocycles. The van der Waals surface area contributed by atoms with Gasteiger partial charge in [-0.1, -0.05) is 15.9 Å². The van der Waals surface area contributed by atoms with Crippen molar-refractivity contribution >= 4 is 21.9 Å². The normalized spacial score (nSPS) is 11.1. The third-order valence-electron chi connectivity index (χ3n) is 1.65. The molecule has 1 rings (SSSR count). The van der Waals surface area contributed by atoms with E-state index in [-0.39, 0.29) is 6.61 Å². The van der Waals surface area contributed by atoms with E-state index in [9.17, 15) is 18.0 Å². The number of esters is 1. The zero-order chi connectivity index (χ0) is 13.1. The van der Waals surface area contributed by atoms with E-state index < -0.39 is 23.6 Å². The Morgan fingerprint density at radius 1 is 1.47 bits per heavy atom. The molecule has 0 aliphatic heterocycles. The van der Waals surface area contributed by atoms with Crippen molar-refractivity contribution in [1.82, 2.24) is 0 Å². The average Bonchev–Trinajstić information content (AvgIpc) is 2.22. The summed E-state index contributed by atoms with van der Waals surface area (Å²) in [6.07, 6.45) is -4.22. The van der Waals surface area contributed by atoms with Crippen LogP contribution in [0.1, 0.15) is 6.92 Å². The van der Waals surface area contributed by atoms with Crippen LogP contribution in [0.3, 0.4) is 0 Å². The van der Waals surface area contributed by atoms with Gasteiger partial charge in [0.1, 0.15) is 0 Å². The van der Waals surface area contributed by atoms with E-state index in [0.717, 1.165) is 12.1 Å². The molecule has 0 radical (unpaired) electrons. The lowest BCUT2D eigenvalue weighted by atomic mass is 10.3. The topological polar surface area (TPSA) is 35.5 Å². The van der Waals surface area contributed by atoms with Crippen molar-refractivity contribution in [2.75, 3.05) is 6.61 Å². The molecule has 0 unspecified atom stereocenters. The molecule has 0 amide bonds. The van der Waals surface area contributed by atoms with E-state index in [0.29, 0.717) is 4.47 Å². The Kier molecular flexibility index (Phi) is 4.39. The van der Waals surface area contributed by atoms with Crippen molar-refractivity contribution in [3.8, 4) is 5.75 Å². The van der Waals surface area contributed by atoms with Crippen LogP contribution in [0.5, 0.6) is 5.75 Å². The fraction of sp³-hybridized carbons (Fsp3) is 0.300. The molecule has 17 heavy (non-hydrogen) atoms. The molecule has 1 aromatic rings. The van der Waals surface area contributed by atoms with Gasteiger partial charge in [0, 0.05) is 4.47 Å². The van der Waals surface area contributed by atoms with E-state index in [1.54, 1.807) is 0 Å². The summed E-state index contributed by atoms with van der Waals surface area (Å²) in [5, 5.41) is 0. The molecule has 1 aromatic carbocycles. The van der Waals surface area contributed by atoms with Gasteiger partial charge in [0.2, 0.25) is 0 Å². The van der Waals surface area contributed by atoms with Crippen LogP contribution in [0.15, 0.2) is 22.7 Å². The van der Waals surface area contributed by atoms with Crippen molar-refractivity contribution in [3.05, 3.63) is 28.5 Å². The largest absolute Gasteiger partial charge is 0.502 e. The minimum atomic E-state index is -4.22. The summed E-state index contributed by atoms with van der Waals surface area (Å²) < 4.78 is 47.8. The summed E-state index contributed by atoms with van der Waals surface area (Å²) in [5.41, 5.74) is 0. The molecule has 0 saturated heterocycles. The third-order valence-corrected chi connectivity index (χ3v) is 2.14. The van der Waals surface area contributed by atoms with Gasteiger partial charge >= 0.3 is 12.1 Å². The van der Waals surface area contributed by atoms with Gasteiger partial charge in [0.15, 0.2) is 11.6 Å². The Morgan fingerprint density at radius 2 is 2.12 bits per heavy atom. The van der Waals surface area contributed by atoms with E-state index in [4.69, 9.17) is 0 Å². The van der Waals surface area contributed by atoms with Gasteiger partial charge in [-0.15, -0.1) is 0 Å². The fourth-order valence-electron chi connectivity index (χ4n) is 0.953. The molecule has 0 bridgehead atoms. The maximum absolute atomic E-state index is 13.2. The highest BCUT2D eigenvalue weighted by molar-refractivity contribution is 9.10. The standard InChI is InChI=1S/C10H8BrF3O3/c1-2-16-9(15)10(13,14)17-8-4-3-6(11)5-7(8)12/h3-5H,2H2,1H3. The van der Waals surface area contributed by atoms with Crippen LogP contribution in [0, 0.1) is 5.82 Å². The number of carbonyl (C=O) groups is 1. The Hall–Kier alpha value is -1.24. The van der Waals surface area contributed by atoms with E-state index in [1.807, 2.05) is 0 Å². The van der Waals surface area contributed by atoms with Crippen molar-refractivity contribution in [2.45, 2.75) is 13.0 Å². The minimum absolute atomic E-state index is 0.222. The predicted molar refractivity (Wildman–Crippen MR) is 56.3 cm³/mol. The van der Waals surface area contributed by atoms with Gasteiger partial charge in [-0.2, -0.15) is 8.78 Å². The molecule has 0 heterocycles. The zero-order valence-corrected chi connectivity index (χ0v) is 10.3. The minimum Gasteiger partial charge on any atom is -0.459 e. The van der Waals surface area contributed by atoms with Crippen molar-refractivity contribution in [1.29, 1.82) is 0 Å². The fourth-order valence-corrected chi connectivity index (χ4v) is 1.29. The Morgan fingerprint density at radius 3 is 2.65 bits per heavy atom. The Bertz CT molecular complexity index is 423. The number of ether oxygens (including phenoxy) is 2. The molecular weight excluding hydrogens is 305 g/mol. The lowest BCUT2D eigenvalue weighted by Crippen LogP contribution is -2.37. The summed E-state index contributed by atoms with van der Waals surface area (Å²) in [5.74, 6) is -3.60. The predicted octanol–water partition coefficient (Wildman–Crippen LogP) is 3.12. The second kappa shape index (κ2) is 5.39. The highest BCUT2D eigenvalue weighted by Crippen LogP contribution is 2.27. The number of hydrogen-bond donors (Lipinski definition) is 0. The molecular formula is C10H8BrF3O3. The van der Waals surface area contributed by atoms with Crippen LogP contribution < -0.4 is 4.74 Å². The molecule has 0 saturated carbocycles. The summed E-state index contributed by atoms with van der Waals surface area (Å²) in [6.45, 7) is 1.15. The van der Waals surface area contributed by atoms with Crippen LogP contribution in [0.25, 0.3) is 0 Å². The van der Waals surface area contributed by atoms with E-state index in [1.165, 1.54) is 13.0 Å². The highest BCUT2D eigenvalue weighted by Gasteiger charge is 2.44. The molecule has 0 aliphatic carbocycles. The van der Waals surface area contributed by atoms with Crippen LogP contribution in [-0.2, 0) is 9.53 Å². The molecule has 3 nitrogen and oxygen atoms in total. The monoisotopic (exact) mass is 312 g/mol. The van der Waals surface area contributed by atoms with Crippen LogP contribution >= 0.6 is 15.9 Å². The van der Waals surface area contributed by atoms with Gasteiger partial charge in [0.25, 0.3) is 0 Å². The number of halogens is 4. The molecule has 7 heteroatoms. The molecule has 0 N–H and O–H groups in total. The SMILES string of the molecule is CCOC(=O)C(F)(F)Oc1ccc(Br)cc1F. The van der Waals surface area contributed by atoms with Gasteiger partial charge in [-0.05, 0) is 25.1 Å². The smallest absolute Gasteiger partial charge is 0.459 e. The van der Waals surface area contributed by atoms with E-state index >= 15 is 0 Å². The number of alkyl halides is 2. The van der Waals surface area contributed by atoms with Crippen LogP contribution in [0.2, 0.25) is 0 Å². The maximum Gasteiger partial charge on any atom is 0.502 e. The maximum atomic E-state index is 13.2. The Labute approximate surface area is 104 Å². The number of benzene rings is 1. The van der Waals surface area contributed by atoms with Crippen LogP contribution in [-0.4, -0.2) is 18.7 Å². The molecule has 0 spiro atoms. The molecule has 0 atom stereocenters. The van der Waals surface area contributed by atoms with Gasteiger partial charge in [0.05, 0.1) is 6.61 Å².